The molecule has 0 aliphatic heterocycles. The van der Waals surface area contributed by atoms with E-state index in [-0.39, 0.29) is 5.82 Å². The van der Waals surface area contributed by atoms with Gasteiger partial charge in [-0.3, -0.25) is 0 Å². The number of nitrogens with zero attached hydrogens (tertiary/aromatic N) is 2. The molecule has 0 aromatic heterocycles. The SMILES string of the molecule is CN(CCNc1cc(F)cc(C#N)c1)C1CC1. The number of nitrogens with one attached hydrogen (secondary N) is 1. The van der Waals surface area contributed by atoms with E-state index in [1.54, 1.807) is 6.07 Å². The third-order valence-corrected chi connectivity index (χ3v) is 2.99. The standard InChI is InChI=1S/C13H16FN3/c1-17(13-2-3-13)5-4-16-12-7-10(9-15)6-11(14)8-12/h6-8,13,16H,2-5H2,1H3. The number of benzene rings is 1. The lowest BCUT2D eigenvalue weighted by Gasteiger charge is -2.16. The Morgan fingerprint density at radius 2 is 2.24 bits per heavy atom. The number of halogens is 1. The van der Waals surface area contributed by atoms with Crippen molar-refractivity contribution in [1.29, 1.82) is 5.26 Å². The number of likely N-dealkylation sites (N-methyl/N-ethyl adjacent to an activating group) is 1. The second kappa shape index (κ2) is 5.15. The molecule has 1 N–H and O–H groups in total. The maximum atomic E-state index is 13.1. The highest BCUT2D eigenvalue weighted by Gasteiger charge is 2.25. The lowest BCUT2D eigenvalue weighted by molar-refractivity contribution is 0.337. The van der Waals surface area contributed by atoms with Crippen LogP contribution in [-0.4, -0.2) is 31.1 Å². The van der Waals surface area contributed by atoms with Gasteiger partial charge in [-0.25, -0.2) is 4.39 Å². The Kier molecular flexibility index (Phi) is 3.60. The van der Waals surface area contributed by atoms with E-state index in [4.69, 9.17) is 5.26 Å². The Balaban J connectivity index is 1.85. The number of nitriles is 1. The van der Waals surface area contributed by atoms with E-state index in [1.807, 2.05) is 6.07 Å². The highest BCUT2D eigenvalue weighted by molar-refractivity contribution is 5.49. The fraction of sp³-hybridized carbons (Fsp3) is 0.462. The molecular weight excluding hydrogens is 217 g/mol. The van der Waals surface area contributed by atoms with E-state index in [0.29, 0.717) is 11.3 Å². The average Bonchev–Trinajstić information content (AvgIpc) is 3.12. The fourth-order valence-electron chi connectivity index (χ4n) is 1.83. The van der Waals surface area contributed by atoms with E-state index < -0.39 is 0 Å². The Morgan fingerprint density at radius 1 is 1.47 bits per heavy atom. The van der Waals surface area contributed by atoms with Crippen LogP contribution in [0.15, 0.2) is 18.2 Å². The normalized spacial score (nSPS) is 14.7. The Bertz CT molecular complexity index is 435. The molecule has 0 bridgehead atoms. The second-order valence-electron chi connectivity index (χ2n) is 4.48. The molecule has 0 saturated heterocycles. The molecule has 4 heteroatoms. The summed E-state index contributed by atoms with van der Waals surface area (Å²) in [6.07, 6.45) is 2.57. The maximum Gasteiger partial charge on any atom is 0.126 e. The molecule has 0 radical (unpaired) electrons. The first-order valence-electron chi connectivity index (χ1n) is 5.84. The summed E-state index contributed by atoms with van der Waals surface area (Å²) in [4.78, 5) is 2.30. The molecule has 0 unspecified atom stereocenters. The van der Waals surface area contributed by atoms with Gasteiger partial charge in [-0.15, -0.1) is 0 Å². The highest BCUT2D eigenvalue weighted by Crippen LogP contribution is 2.24. The molecule has 1 fully saturated rings. The van der Waals surface area contributed by atoms with Crippen molar-refractivity contribution in [3.63, 3.8) is 0 Å². The van der Waals surface area contributed by atoms with Gasteiger partial charge in [-0.2, -0.15) is 5.26 Å². The molecule has 2 rings (SSSR count). The van der Waals surface area contributed by atoms with E-state index >= 15 is 0 Å². The molecule has 3 nitrogen and oxygen atoms in total. The van der Waals surface area contributed by atoms with E-state index in [2.05, 4.69) is 17.3 Å². The predicted molar refractivity (Wildman–Crippen MR) is 65.3 cm³/mol. The summed E-state index contributed by atoms with van der Waals surface area (Å²) in [6.45, 7) is 1.70. The third-order valence-electron chi connectivity index (χ3n) is 2.99. The van der Waals surface area contributed by atoms with Gasteiger partial charge >= 0.3 is 0 Å². The first-order chi connectivity index (χ1) is 8.19. The topological polar surface area (TPSA) is 39.1 Å². The first kappa shape index (κ1) is 11.9. The maximum absolute atomic E-state index is 13.1. The lowest BCUT2D eigenvalue weighted by atomic mass is 10.2. The quantitative estimate of drug-likeness (QED) is 0.847. The van der Waals surface area contributed by atoms with Gasteiger partial charge in [0.15, 0.2) is 0 Å². The van der Waals surface area contributed by atoms with Crippen LogP contribution in [0, 0.1) is 17.1 Å². The molecule has 0 atom stereocenters. The zero-order chi connectivity index (χ0) is 12.3. The lowest BCUT2D eigenvalue weighted by Crippen LogP contribution is -2.27. The number of hydrogen-bond donors (Lipinski definition) is 1. The number of hydrogen-bond acceptors (Lipinski definition) is 3. The molecule has 1 aromatic carbocycles. The van der Waals surface area contributed by atoms with Gasteiger partial charge in [0.05, 0.1) is 11.6 Å². The van der Waals surface area contributed by atoms with Crippen LogP contribution in [-0.2, 0) is 0 Å². The van der Waals surface area contributed by atoms with Crippen molar-refractivity contribution in [2.45, 2.75) is 18.9 Å². The molecule has 1 aliphatic rings. The molecule has 90 valence electrons. The van der Waals surface area contributed by atoms with Crippen molar-refractivity contribution in [2.24, 2.45) is 0 Å². The van der Waals surface area contributed by atoms with Gasteiger partial charge in [0.2, 0.25) is 0 Å². The molecule has 1 saturated carbocycles. The smallest absolute Gasteiger partial charge is 0.126 e. The zero-order valence-corrected chi connectivity index (χ0v) is 9.91. The molecule has 1 aliphatic carbocycles. The van der Waals surface area contributed by atoms with Gasteiger partial charge in [0, 0.05) is 24.8 Å². The summed E-state index contributed by atoms with van der Waals surface area (Å²) >= 11 is 0. The minimum atomic E-state index is -0.373. The summed E-state index contributed by atoms with van der Waals surface area (Å²) in [5.41, 5.74) is 1.02. The first-order valence-corrected chi connectivity index (χ1v) is 5.84. The average molecular weight is 233 g/mol. The zero-order valence-electron chi connectivity index (χ0n) is 9.91. The summed E-state index contributed by atoms with van der Waals surface area (Å²) < 4.78 is 13.1. The Morgan fingerprint density at radius 3 is 2.88 bits per heavy atom. The molecular formula is C13H16FN3. The van der Waals surface area contributed by atoms with Crippen molar-refractivity contribution in [2.75, 3.05) is 25.5 Å². The van der Waals surface area contributed by atoms with Crippen molar-refractivity contribution in [1.82, 2.24) is 4.90 Å². The highest BCUT2D eigenvalue weighted by atomic mass is 19.1. The van der Waals surface area contributed by atoms with Crippen molar-refractivity contribution in [3.8, 4) is 6.07 Å². The van der Waals surface area contributed by atoms with Crippen LogP contribution >= 0.6 is 0 Å². The monoisotopic (exact) mass is 233 g/mol. The van der Waals surface area contributed by atoms with Crippen LogP contribution < -0.4 is 5.32 Å². The number of anilines is 1. The Hall–Kier alpha value is -1.60. The minimum absolute atomic E-state index is 0.350. The molecule has 0 amide bonds. The third kappa shape index (κ3) is 3.43. The fourth-order valence-corrected chi connectivity index (χ4v) is 1.83. The van der Waals surface area contributed by atoms with Crippen molar-refractivity contribution in [3.05, 3.63) is 29.6 Å². The van der Waals surface area contributed by atoms with E-state index in [1.165, 1.54) is 25.0 Å². The van der Waals surface area contributed by atoms with Crippen molar-refractivity contribution >= 4 is 5.69 Å². The van der Waals surface area contributed by atoms with Gasteiger partial charge in [-0.05, 0) is 38.1 Å². The second-order valence-corrected chi connectivity index (χ2v) is 4.48. The largest absolute Gasteiger partial charge is 0.384 e. The van der Waals surface area contributed by atoms with E-state index in [0.717, 1.165) is 19.1 Å². The summed E-state index contributed by atoms with van der Waals surface area (Å²) in [6, 6.07) is 7.00. The molecule has 0 heterocycles. The summed E-state index contributed by atoms with van der Waals surface area (Å²) in [7, 11) is 2.10. The summed E-state index contributed by atoms with van der Waals surface area (Å²) in [5, 5.41) is 11.9. The van der Waals surface area contributed by atoms with Crippen LogP contribution in [0.5, 0.6) is 0 Å². The molecule has 0 spiro atoms. The predicted octanol–water partition coefficient (Wildman–Crippen LogP) is 2.20. The molecule has 1 aromatic rings. The molecule has 17 heavy (non-hydrogen) atoms. The van der Waals surface area contributed by atoms with Crippen LogP contribution in [0.25, 0.3) is 0 Å². The van der Waals surface area contributed by atoms with Gasteiger partial charge in [-0.1, -0.05) is 0 Å². The summed E-state index contributed by atoms with van der Waals surface area (Å²) in [5.74, 6) is -0.373. The Labute approximate surface area is 101 Å². The van der Waals surface area contributed by atoms with Gasteiger partial charge in [0.1, 0.15) is 5.82 Å². The van der Waals surface area contributed by atoms with Crippen LogP contribution in [0.1, 0.15) is 18.4 Å². The van der Waals surface area contributed by atoms with Crippen LogP contribution in [0.4, 0.5) is 10.1 Å². The van der Waals surface area contributed by atoms with Gasteiger partial charge < -0.3 is 10.2 Å². The number of rotatable bonds is 5. The minimum Gasteiger partial charge on any atom is -0.384 e. The van der Waals surface area contributed by atoms with Crippen LogP contribution in [0.3, 0.4) is 0 Å². The van der Waals surface area contributed by atoms with Gasteiger partial charge in [0.25, 0.3) is 0 Å². The van der Waals surface area contributed by atoms with E-state index in [9.17, 15) is 4.39 Å². The van der Waals surface area contributed by atoms with Crippen LogP contribution in [0.2, 0.25) is 0 Å². The van der Waals surface area contributed by atoms with Crippen molar-refractivity contribution < 1.29 is 4.39 Å².